The Morgan fingerprint density at radius 1 is 1.07 bits per heavy atom. The molecule has 5 rings (SSSR count). The lowest BCUT2D eigenvalue weighted by Crippen LogP contribution is -2.39. The predicted octanol–water partition coefficient (Wildman–Crippen LogP) is 4.85. The summed E-state index contributed by atoms with van der Waals surface area (Å²) in [4.78, 5) is 15.1. The van der Waals surface area contributed by atoms with E-state index in [2.05, 4.69) is 32.0 Å². The highest BCUT2D eigenvalue weighted by Gasteiger charge is 2.27. The molecule has 0 aliphatic carbocycles. The highest BCUT2D eigenvalue weighted by molar-refractivity contribution is 6.30. The van der Waals surface area contributed by atoms with Gasteiger partial charge in [0.1, 0.15) is 5.82 Å². The number of para-hydroxylation sites is 1. The maximum atomic E-state index is 6.00. The number of aromatic nitrogens is 3. The Bertz CT molecular complexity index is 1130. The van der Waals surface area contributed by atoms with Crippen LogP contribution in [0.25, 0.3) is 22.2 Å². The van der Waals surface area contributed by atoms with E-state index >= 15 is 0 Å². The molecule has 5 nitrogen and oxygen atoms in total. The van der Waals surface area contributed by atoms with E-state index in [0.29, 0.717) is 6.61 Å². The van der Waals surface area contributed by atoms with E-state index in [0.717, 1.165) is 52.7 Å². The number of ether oxygens (including phenoxy) is 1. The summed E-state index contributed by atoms with van der Waals surface area (Å²) in [6, 6.07) is 18.3. The highest BCUT2D eigenvalue weighted by Crippen LogP contribution is 2.27. The van der Waals surface area contributed by atoms with Crippen LogP contribution < -0.4 is 0 Å². The molecule has 29 heavy (non-hydrogen) atoms. The molecule has 1 saturated heterocycles. The third-order valence-electron chi connectivity index (χ3n) is 5.34. The van der Waals surface area contributed by atoms with Gasteiger partial charge in [-0.25, -0.2) is 4.98 Å². The van der Waals surface area contributed by atoms with Gasteiger partial charge in [-0.15, -0.1) is 0 Å². The molecule has 0 spiro atoms. The summed E-state index contributed by atoms with van der Waals surface area (Å²) in [7, 11) is 0. The zero-order valence-electron chi connectivity index (χ0n) is 15.9. The lowest BCUT2D eigenvalue weighted by Gasteiger charge is -2.34. The number of benzene rings is 2. The van der Waals surface area contributed by atoms with Crippen LogP contribution >= 0.6 is 11.6 Å². The molecule has 2 aromatic heterocycles. The van der Waals surface area contributed by atoms with Gasteiger partial charge in [-0.2, -0.15) is 0 Å². The Balaban J connectivity index is 1.39. The van der Waals surface area contributed by atoms with Crippen molar-refractivity contribution in [1.82, 2.24) is 19.9 Å². The largest absolute Gasteiger partial charge is 0.378 e. The molecule has 1 fully saturated rings. The Morgan fingerprint density at radius 2 is 1.93 bits per heavy atom. The van der Waals surface area contributed by atoms with Gasteiger partial charge in [-0.3, -0.25) is 9.88 Å². The number of pyridine rings is 1. The summed E-state index contributed by atoms with van der Waals surface area (Å²) >= 11 is 6.00. The van der Waals surface area contributed by atoms with E-state index < -0.39 is 0 Å². The van der Waals surface area contributed by atoms with E-state index in [-0.39, 0.29) is 6.04 Å². The van der Waals surface area contributed by atoms with Gasteiger partial charge >= 0.3 is 0 Å². The molecule has 0 unspecified atom stereocenters. The SMILES string of the molecule is Clc1ccc(-c2cnc([C@@H]3COCCN3Cc3cnc4ccccc4c3)[nH]2)cc1. The van der Waals surface area contributed by atoms with Crippen LogP contribution in [0.4, 0.5) is 0 Å². The van der Waals surface area contributed by atoms with Gasteiger partial charge in [0, 0.05) is 29.7 Å². The van der Waals surface area contributed by atoms with Crippen molar-refractivity contribution in [3.63, 3.8) is 0 Å². The maximum absolute atomic E-state index is 6.00. The first kappa shape index (κ1) is 18.3. The van der Waals surface area contributed by atoms with Crippen molar-refractivity contribution in [1.29, 1.82) is 0 Å². The van der Waals surface area contributed by atoms with Gasteiger partial charge in [-0.05, 0) is 35.4 Å². The molecule has 1 aliphatic rings. The fraction of sp³-hybridized carbons (Fsp3) is 0.217. The molecule has 1 aliphatic heterocycles. The number of hydrogen-bond donors (Lipinski definition) is 1. The van der Waals surface area contributed by atoms with E-state index in [1.807, 2.05) is 54.9 Å². The molecule has 6 heteroatoms. The quantitative estimate of drug-likeness (QED) is 0.528. The summed E-state index contributed by atoms with van der Waals surface area (Å²) in [5.74, 6) is 0.920. The van der Waals surface area contributed by atoms with Gasteiger partial charge in [-0.1, -0.05) is 41.9 Å². The second kappa shape index (κ2) is 7.95. The average molecular weight is 405 g/mol. The number of morpholine rings is 1. The molecular formula is C23H21ClN4O. The number of H-pyrrole nitrogens is 1. The number of rotatable bonds is 4. The smallest absolute Gasteiger partial charge is 0.126 e. The number of imidazole rings is 1. The summed E-state index contributed by atoms with van der Waals surface area (Å²) in [5, 5.41) is 1.89. The molecule has 0 bridgehead atoms. The van der Waals surface area contributed by atoms with Crippen molar-refractivity contribution in [2.24, 2.45) is 0 Å². The van der Waals surface area contributed by atoms with Crippen molar-refractivity contribution >= 4 is 22.5 Å². The Morgan fingerprint density at radius 3 is 2.83 bits per heavy atom. The molecule has 1 atom stereocenters. The molecule has 146 valence electrons. The minimum atomic E-state index is 0.0799. The minimum Gasteiger partial charge on any atom is -0.378 e. The lowest BCUT2D eigenvalue weighted by atomic mass is 10.1. The lowest BCUT2D eigenvalue weighted by molar-refractivity contribution is -0.0156. The van der Waals surface area contributed by atoms with Crippen LogP contribution in [0, 0.1) is 0 Å². The first-order valence-electron chi connectivity index (χ1n) is 9.72. The highest BCUT2D eigenvalue weighted by atomic mass is 35.5. The van der Waals surface area contributed by atoms with Crippen molar-refractivity contribution in [3.8, 4) is 11.3 Å². The normalized spacial score (nSPS) is 17.6. The third kappa shape index (κ3) is 3.90. The Labute approximate surface area is 174 Å². The van der Waals surface area contributed by atoms with Gasteiger partial charge in [0.05, 0.1) is 36.7 Å². The van der Waals surface area contributed by atoms with Gasteiger partial charge in [0.15, 0.2) is 0 Å². The second-order valence-corrected chi connectivity index (χ2v) is 7.72. The number of halogens is 1. The summed E-state index contributed by atoms with van der Waals surface area (Å²) in [6.45, 7) is 3.01. The van der Waals surface area contributed by atoms with Crippen LogP contribution in [0.1, 0.15) is 17.4 Å². The zero-order chi connectivity index (χ0) is 19.6. The van der Waals surface area contributed by atoms with Crippen LogP contribution in [0.5, 0.6) is 0 Å². The first-order chi connectivity index (χ1) is 14.3. The monoisotopic (exact) mass is 404 g/mol. The van der Waals surface area contributed by atoms with Crippen LogP contribution in [-0.4, -0.2) is 39.6 Å². The Hall–Kier alpha value is -2.73. The minimum absolute atomic E-state index is 0.0799. The molecular weight excluding hydrogens is 384 g/mol. The number of aromatic amines is 1. The van der Waals surface area contributed by atoms with Crippen molar-refractivity contribution < 1.29 is 4.74 Å². The third-order valence-corrected chi connectivity index (χ3v) is 5.59. The average Bonchev–Trinajstić information content (AvgIpc) is 3.25. The number of nitrogens with zero attached hydrogens (tertiary/aromatic N) is 3. The molecule has 0 amide bonds. The van der Waals surface area contributed by atoms with Gasteiger partial charge in [0.25, 0.3) is 0 Å². The van der Waals surface area contributed by atoms with Gasteiger partial charge < -0.3 is 9.72 Å². The van der Waals surface area contributed by atoms with E-state index in [4.69, 9.17) is 16.3 Å². The first-order valence-corrected chi connectivity index (χ1v) is 10.1. The number of nitrogens with one attached hydrogen (secondary N) is 1. The molecule has 3 heterocycles. The molecule has 2 aromatic carbocycles. The van der Waals surface area contributed by atoms with Crippen LogP contribution in [-0.2, 0) is 11.3 Å². The summed E-state index contributed by atoms with van der Waals surface area (Å²) in [6.07, 6.45) is 3.85. The fourth-order valence-electron chi connectivity index (χ4n) is 3.80. The second-order valence-electron chi connectivity index (χ2n) is 7.29. The standard InChI is InChI=1S/C23H21ClN4O/c24-19-7-5-17(6-8-19)21-13-26-23(27-21)22-15-29-10-9-28(22)14-16-11-18-3-1-2-4-20(18)25-12-16/h1-8,11-13,22H,9-10,14-15H2,(H,26,27)/t22-/m0/s1. The molecule has 4 aromatic rings. The number of hydrogen-bond acceptors (Lipinski definition) is 4. The fourth-order valence-corrected chi connectivity index (χ4v) is 3.92. The zero-order valence-corrected chi connectivity index (χ0v) is 16.6. The van der Waals surface area contributed by atoms with Gasteiger partial charge in [0.2, 0.25) is 0 Å². The van der Waals surface area contributed by atoms with Crippen LogP contribution in [0.2, 0.25) is 5.02 Å². The molecule has 1 N–H and O–H groups in total. The van der Waals surface area contributed by atoms with Crippen LogP contribution in [0.3, 0.4) is 0 Å². The van der Waals surface area contributed by atoms with E-state index in [9.17, 15) is 0 Å². The summed E-state index contributed by atoms with van der Waals surface area (Å²) < 4.78 is 5.77. The predicted molar refractivity (Wildman–Crippen MR) is 115 cm³/mol. The number of fused-ring (bicyclic) bond motifs is 1. The van der Waals surface area contributed by atoms with E-state index in [1.165, 1.54) is 5.56 Å². The van der Waals surface area contributed by atoms with Crippen molar-refractivity contribution in [2.45, 2.75) is 12.6 Å². The molecule has 0 saturated carbocycles. The maximum Gasteiger partial charge on any atom is 0.126 e. The van der Waals surface area contributed by atoms with E-state index in [1.54, 1.807) is 0 Å². The topological polar surface area (TPSA) is 54.0 Å². The summed E-state index contributed by atoms with van der Waals surface area (Å²) in [5.41, 5.74) is 4.26. The molecule has 0 radical (unpaired) electrons. The van der Waals surface area contributed by atoms with Crippen molar-refractivity contribution in [2.75, 3.05) is 19.8 Å². The Kier molecular flexibility index (Phi) is 5.02. The van der Waals surface area contributed by atoms with Crippen molar-refractivity contribution in [3.05, 3.63) is 83.4 Å². The van der Waals surface area contributed by atoms with Crippen LogP contribution in [0.15, 0.2) is 67.0 Å².